The van der Waals surface area contributed by atoms with Crippen LogP contribution in [0.15, 0.2) is 51.7 Å². The molecule has 0 radical (unpaired) electrons. The highest BCUT2D eigenvalue weighted by Gasteiger charge is 2.23. The Morgan fingerprint density at radius 2 is 2.06 bits per heavy atom. The van der Waals surface area contributed by atoms with Crippen LogP contribution in [0.4, 0.5) is 0 Å². The number of fused-ring (bicyclic) bond motifs is 1. The van der Waals surface area contributed by atoms with Gasteiger partial charge in [0.2, 0.25) is 0 Å². The van der Waals surface area contributed by atoms with Crippen molar-refractivity contribution in [1.82, 2.24) is 15.2 Å². The van der Waals surface area contributed by atoms with E-state index in [2.05, 4.69) is 16.7 Å². The van der Waals surface area contributed by atoms with Crippen LogP contribution in [-0.4, -0.2) is 67.2 Å². The molecule has 0 spiro atoms. The lowest BCUT2D eigenvalue weighted by molar-refractivity contribution is -0.132. The average molecular weight is 495 g/mol. The molecule has 3 N–H and O–H groups in total. The number of rotatable bonds is 10. The van der Waals surface area contributed by atoms with E-state index in [1.54, 1.807) is 6.07 Å². The number of aliphatic hydroxyl groups is 1. The molecule has 10 heteroatoms. The maximum atomic E-state index is 12.5. The van der Waals surface area contributed by atoms with Crippen LogP contribution in [0.2, 0.25) is 0 Å². The van der Waals surface area contributed by atoms with Gasteiger partial charge < -0.3 is 29.6 Å². The summed E-state index contributed by atoms with van der Waals surface area (Å²) in [5.74, 6) is -0.742. The maximum absolute atomic E-state index is 12.5. The Labute approximate surface area is 208 Å². The van der Waals surface area contributed by atoms with Crippen LogP contribution in [0.1, 0.15) is 12.0 Å². The van der Waals surface area contributed by atoms with E-state index in [1.807, 2.05) is 36.4 Å². The molecule has 0 saturated carbocycles. The van der Waals surface area contributed by atoms with Gasteiger partial charge in [-0.1, -0.05) is 30.3 Å². The van der Waals surface area contributed by atoms with Gasteiger partial charge in [-0.2, -0.15) is 5.26 Å². The fraction of sp³-hybridized carbons (Fsp3) is 0.423. The van der Waals surface area contributed by atoms with E-state index in [0.717, 1.165) is 29.7 Å². The summed E-state index contributed by atoms with van der Waals surface area (Å²) in [4.78, 5) is 24.8. The van der Waals surface area contributed by atoms with Crippen molar-refractivity contribution < 1.29 is 23.8 Å². The number of nitriles is 1. The highest BCUT2D eigenvalue weighted by atomic mass is 16.5. The fourth-order valence-corrected chi connectivity index (χ4v) is 4.12. The molecule has 36 heavy (non-hydrogen) atoms. The quantitative estimate of drug-likeness (QED) is 0.358. The molecule has 2 atom stereocenters. The second kappa shape index (κ2) is 12.5. The van der Waals surface area contributed by atoms with E-state index in [-0.39, 0.29) is 25.7 Å². The van der Waals surface area contributed by atoms with Crippen molar-refractivity contribution in [1.29, 1.82) is 5.26 Å². The zero-order valence-electron chi connectivity index (χ0n) is 19.9. The third kappa shape index (κ3) is 6.38. The SMILES string of the molecule is N#CC(Cc1ccc(-c2ccc3oc(=O)n(CCOCCO)c3c2)cc1)NC(=O)C1CNCCCO1. The van der Waals surface area contributed by atoms with Gasteiger partial charge >= 0.3 is 5.76 Å². The number of carbonyl (C=O) groups is 1. The van der Waals surface area contributed by atoms with Crippen molar-refractivity contribution in [3.8, 4) is 17.2 Å². The summed E-state index contributed by atoms with van der Waals surface area (Å²) in [5, 5.41) is 24.3. The molecule has 0 aliphatic carbocycles. The number of nitrogens with zero attached hydrogens (tertiary/aromatic N) is 2. The Morgan fingerprint density at radius 3 is 2.83 bits per heavy atom. The number of aliphatic hydroxyl groups excluding tert-OH is 1. The van der Waals surface area contributed by atoms with Gasteiger partial charge in [0.15, 0.2) is 5.58 Å². The van der Waals surface area contributed by atoms with E-state index in [4.69, 9.17) is 19.0 Å². The summed E-state index contributed by atoms with van der Waals surface area (Å²) < 4.78 is 17.7. The lowest BCUT2D eigenvalue weighted by atomic mass is 10.0. The van der Waals surface area contributed by atoms with E-state index < -0.39 is 17.9 Å². The highest BCUT2D eigenvalue weighted by molar-refractivity contribution is 5.82. The van der Waals surface area contributed by atoms with E-state index >= 15 is 0 Å². The van der Waals surface area contributed by atoms with Crippen LogP contribution in [0, 0.1) is 11.3 Å². The molecule has 10 nitrogen and oxygen atoms in total. The minimum atomic E-state index is -0.667. The number of carbonyl (C=O) groups excluding carboxylic acids is 1. The molecular weight excluding hydrogens is 464 g/mol. The summed E-state index contributed by atoms with van der Waals surface area (Å²) in [6, 6.07) is 14.8. The van der Waals surface area contributed by atoms with E-state index in [0.29, 0.717) is 37.2 Å². The average Bonchev–Trinajstić information content (AvgIpc) is 3.05. The van der Waals surface area contributed by atoms with Gasteiger partial charge in [-0.3, -0.25) is 9.36 Å². The van der Waals surface area contributed by atoms with Crippen molar-refractivity contribution in [3.63, 3.8) is 0 Å². The van der Waals surface area contributed by atoms with Crippen LogP contribution < -0.4 is 16.4 Å². The molecule has 3 aromatic rings. The molecule has 1 aliphatic rings. The Morgan fingerprint density at radius 1 is 1.25 bits per heavy atom. The molecule has 2 aromatic carbocycles. The van der Waals surface area contributed by atoms with Crippen LogP contribution in [-0.2, 0) is 27.2 Å². The first-order valence-electron chi connectivity index (χ1n) is 12.0. The molecule has 1 aliphatic heterocycles. The minimum Gasteiger partial charge on any atom is -0.408 e. The smallest absolute Gasteiger partial charge is 0.408 e. The summed E-state index contributed by atoms with van der Waals surface area (Å²) >= 11 is 0. The summed E-state index contributed by atoms with van der Waals surface area (Å²) in [6.45, 7) is 2.50. The lowest BCUT2D eigenvalue weighted by Crippen LogP contribution is -2.46. The van der Waals surface area contributed by atoms with E-state index in [1.165, 1.54) is 4.57 Å². The molecule has 2 unspecified atom stereocenters. The Hall–Kier alpha value is -3.49. The number of aromatic nitrogens is 1. The molecular formula is C26H30N4O6. The van der Waals surface area contributed by atoms with Gasteiger partial charge in [-0.15, -0.1) is 0 Å². The van der Waals surface area contributed by atoms with Crippen LogP contribution in [0.5, 0.6) is 0 Å². The van der Waals surface area contributed by atoms with Crippen LogP contribution in [0.3, 0.4) is 0 Å². The molecule has 2 heterocycles. The molecule has 1 aromatic heterocycles. The molecule has 1 fully saturated rings. The normalized spacial score (nSPS) is 16.8. The first kappa shape index (κ1) is 25.6. The monoisotopic (exact) mass is 494 g/mol. The molecule has 4 rings (SSSR count). The first-order chi connectivity index (χ1) is 17.6. The zero-order chi connectivity index (χ0) is 25.3. The molecule has 1 amide bonds. The number of hydrogen-bond acceptors (Lipinski definition) is 8. The van der Waals surface area contributed by atoms with Crippen molar-refractivity contribution in [2.24, 2.45) is 0 Å². The van der Waals surface area contributed by atoms with Crippen LogP contribution >= 0.6 is 0 Å². The van der Waals surface area contributed by atoms with Crippen LogP contribution in [0.25, 0.3) is 22.2 Å². The van der Waals surface area contributed by atoms with Gasteiger partial charge in [-0.25, -0.2) is 4.79 Å². The Balaban J connectivity index is 1.43. The number of amides is 1. The van der Waals surface area contributed by atoms with Crippen molar-refractivity contribution in [3.05, 3.63) is 58.6 Å². The Kier molecular flexibility index (Phi) is 8.86. The number of oxazole rings is 1. The Bertz CT molecular complexity index is 1250. The van der Waals surface area contributed by atoms with Gasteiger partial charge in [0.25, 0.3) is 5.91 Å². The third-order valence-corrected chi connectivity index (χ3v) is 6.00. The molecule has 190 valence electrons. The number of hydrogen-bond donors (Lipinski definition) is 3. The second-order valence-electron chi connectivity index (χ2n) is 8.55. The topological polar surface area (TPSA) is 139 Å². The van der Waals surface area contributed by atoms with Gasteiger partial charge in [0.1, 0.15) is 12.1 Å². The van der Waals surface area contributed by atoms with Crippen molar-refractivity contribution in [2.75, 3.05) is 39.5 Å². The van der Waals surface area contributed by atoms with Gasteiger partial charge in [0, 0.05) is 19.6 Å². The predicted octanol–water partition coefficient (Wildman–Crippen LogP) is 1.20. The predicted molar refractivity (Wildman–Crippen MR) is 132 cm³/mol. The number of nitrogens with one attached hydrogen (secondary N) is 2. The fourth-order valence-electron chi connectivity index (χ4n) is 4.12. The minimum absolute atomic E-state index is 0.0743. The molecule has 0 bridgehead atoms. The largest absolute Gasteiger partial charge is 0.420 e. The van der Waals surface area contributed by atoms with Gasteiger partial charge in [0.05, 0.1) is 38.0 Å². The van der Waals surface area contributed by atoms with Gasteiger partial charge in [-0.05, 0) is 41.8 Å². The third-order valence-electron chi connectivity index (χ3n) is 6.00. The number of benzene rings is 2. The first-order valence-corrected chi connectivity index (χ1v) is 12.0. The molecule has 1 saturated heterocycles. The van der Waals surface area contributed by atoms with Crippen molar-refractivity contribution >= 4 is 17.0 Å². The summed E-state index contributed by atoms with van der Waals surface area (Å²) in [5.41, 5.74) is 3.91. The zero-order valence-corrected chi connectivity index (χ0v) is 19.9. The highest BCUT2D eigenvalue weighted by Crippen LogP contribution is 2.25. The number of ether oxygens (including phenoxy) is 2. The second-order valence-corrected chi connectivity index (χ2v) is 8.55. The van der Waals surface area contributed by atoms with Crippen molar-refractivity contribution in [2.45, 2.75) is 31.5 Å². The van der Waals surface area contributed by atoms with E-state index in [9.17, 15) is 14.9 Å². The summed E-state index contributed by atoms with van der Waals surface area (Å²) in [7, 11) is 0. The maximum Gasteiger partial charge on any atom is 0.420 e. The lowest BCUT2D eigenvalue weighted by Gasteiger charge is -2.18. The standard InChI is InChI=1S/C26H30N4O6/c27-16-21(29-25(32)24-17-28-8-1-11-35-24)14-18-2-4-19(5-3-18)20-6-7-23-22(15-20)30(26(33)36-23)9-12-34-13-10-31/h2-7,15,21,24,28,31H,1,8-14,17H2,(H,29,32). The summed E-state index contributed by atoms with van der Waals surface area (Å²) in [6.07, 6.45) is 0.626.